The molecule has 0 saturated carbocycles. The number of hydrogen-bond donors (Lipinski definition) is 0. The van der Waals surface area contributed by atoms with E-state index in [0.29, 0.717) is 43.9 Å². The molecule has 5 rings (SSSR count). The van der Waals surface area contributed by atoms with Crippen molar-refractivity contribution in [1.82, 2.24) is 9.80 Å². The molecule has 2 aliphatic rings. The molecule has 1 saturated heterocycles. The molecule has 0 N–H and O–H groups in total. The Morgan fingerprint density at radius 3 is 2.20 bits per heavy atom. The van der Waals surface area contributed by atoms with E-state index in [1.54, 1.807) is 11.8 Å². The van der Waals surface area contributed by atoms with Gasteiger partial charge in [-0.15, -0.1) is 0 Å². The van der Waals surface area contributed by atoms with E-state index >= 15 is 0 Å². The van der Waals surface area contributed by atoms with Gasteiger partial charge in [-0.25, -0.2) is 4.79 Å². The molecule has 0 atom stereocenters. The van der Waals surface area contributed by atoms with Crippen LogP contribution < -0.4 is 4.18 Å². The molecular formula is C28H28FN5O5S. The van der Waals surface area contributed by atoms with Gasteiger partial charge in [0.15, 0.2) is 0 Å². The fourth-order valence-corrected chi connectivity index (χ4v) is 5.88. The summed E-state index contributed by atoms with van der Waals surface area (Å²) in [7, 11) is -5.26. The molecule has 12 heteroatoms. The fourth-order valence-electron chi connectivity index (χ4n) is 5.49. The minimum atomic E-state index is -5.26. The lowest BCUT2D eigenvalue weighted by molar-refractivity contribution is 0.0728. The first kappa shape index (κ1) is 27.4. The average Bonchev–Trinajstić information content (AvgIpc) is 3.25. The number of fused-ring (bicyclic) bond motifs is 3. The summed E-state index contributed by atoms with van der Waals surface area (Å²) in [5.41, 5.74) is 15.3. The van der Waals surface area contributed by atoms with Crippen LogP contribution in [0.4, 0.5) is 14.4 Å². The third-order valence-electron chi connectivity index (χ3n) is 7.56. The Balaban J connectivity index is 1.22. The first-order valence-corrected chi connectivity index (χ1v) is 14.1. The van der Waals surface area contributed by atoms with Crippen molar-refractivity contribution < 1.29 is 26.0 Å². The highest BCUT2D eigenvalue weighted by Crippen LogP contribution is 2.44. The van der Waals surface area contributed by atoms with Gasteiger partial charge >= 0.3 is 16.6 Å². The van der Waals surface area contributed by atoms with Crippen LogP contribution in [-0.4, -0.2) is 57.1 Å². The van der Waals surface area contributed by atoms with Gasteiger partial charge in [0, 0.05) is 54.8 Å². The van der Waals surface area contributed by atoms with E-state index in [2.05, 4.69) is 43.4 Å². The van der Waals surface area contributed by atoms with E-state index in [0.717, 1.165) is 11.1 Å². The average molecular weight is 566 g/mol. The molecule has 0 unspecified atom stereocenters. The summed E-state index contributed by atoms with van der Waals surface area (Å²) in [4.78, 5) is 19.5. The minimum Gasteiger partial charge on any atom is -0.448 e. The Bertz CT molecular complexity index is 1570. The molecule has 10 nitrogen and oxygen atoms in total. The van der Waals surface area contributed by atoms with E-state index < -0.39 is 10.5 Å². The van der Waals surface area contributed by atoms with Crippen LogP contribution in [0.3, 0.4) is 0 Å². The van der Waals surface area contributed by atoms with E-state index in [4.69, 9.17) is 10.3 Å². The highest BCUT2D eigenvalue weighted by atomic mass is 32.3. The first-order chi connectivity index (χ1) is 19.2. The zero-order valence-corrected chi connectivity index (χ0v) is 22.9. The first-order valence-electron chi connectivity index (χ1n) is 12.8. The van der Waals surface area contributed by atoms with Crippen LogP contribution in [0.5, 0.6) is 5.75 Å². The molecule has 1 aliphatic carbocycles. The van der Waals surface area contributed by atoms with Gasteiger partial charge in [-0.2, -0.15) is 8.42 Å². The van der Waals surface area contributed by atoms with Crippen LogP contribution in [0.25, 0.3) is 21.6 Å². The van der Waals surface area contributed by atoms with E-state index in [9.17, 15) is 17.1 Å². The Hall–Kier alpha value is -4.12. The number of carbonyl (C=O) groups excluding carboxylic acids is 1. The van der Waals surface area contributed by atoms with E-state index in [-0.39, 0.29) is 35.6 Å². The summed E-state index contributed by atoms with van der Waals surface area (Å²) in [6.45, 7) is 5.79. The standard InChI is InChI=1S/C28H28FN5O5S/c1-18-20(15-26(39-40(29,36)37)19(2)27(18)31-32-30)16-33-11-13-34(14-12-33)28(35)38-17-25-23-9-5-3-7-21(23)22-8-4-6-10-24(22)25/h3-10,15,25H,11-14,16-17H2,1-2H3. The summed E-state index contributed by atoms with van der Waals surface area (Å²) >= 11 is 0. The highest BCUT2D eigenvalue weighted by Gasteiger charge is 2.30. The number of amides is 1. The number of piperazine rings is 1. The second-order valence-electron chi connectivity index (χ2n) is 9.87. The molecule has 40 heavy (non-hydrogen) atoms. The zero-order valence-electron chi connectivity index (χ0n) is 22.1. The maximum Gasteiger partial charge on any atom is 0.488 e. The SMILES string of the molecule is Cc1c(CN2CCN(C(=O)OCC3c4ccccc4-c4ccccc43)CC2)cc(OS(=O)(=O)F)c(C)c1N=[N+]=[N-]. The molecule has 208 valence electrons. The summed E-state index contributed by atoms with van der Waals surface area (Å²) in [6.07, 6.45) is -0.373. The molecule has 1 aliphatic heterocycles. The van der Waals surface area contributed by atoms with Gasteiger partial charge < -0.3 is 13.8 Å². The van der Waals surface area contributed by atoms with Crippen molar-refractivity contribution >= 4 is 22.3 Å². The minimum absolute atomic E-state index is 0.0167. The van der Waals surface area contributed by atoms with Gasteiger partial charge in [-0.1, -0.05) is 57.5 Å². The Labute approximate surface area is 232 Å². The molecule has 3 aromatic rings. The zero-order chi connectivity index (χ0) is 28.4. The molecule has 1 fully saturated rings. The largest absolute Gasteiger partial charge is 0.488 e. The highest BCUT2D eigenvalue weighted by molar-refractivity contribution is 7.81. The molecule has 1 amide bonds. The van der Waals surface area contributed by atoms with Crippen molar-refractivity contribution in [2.75, 3.05) is 32.8 Å². The lowest BCUT2D eigenvalue weighted by Gasteiger charge is -2.34. The molecule has 3 aromatic carbocycles. The van der Waals surface area contributed by atoms with Gasteiger partial charge in [0.1, 0.15) is 12.4 Å². The van der Waals surface area contributed by atoms with Crippen LogP contribution in [0.2, 0.25) is 0 Å². The van der Waals surface area contributed by atoms with Crippen LogP contribution >= 0.6 is 0 Å². The number of rotatable bonds is 7. The smallest absolute Gasteiger partial charge is 0.448 e. The summed E-state index contributed by atoms with van der Waals surface area (Å²) in [5, 5.41) is 3.66. The summed E-state index contributed by atoms with van der Waals surface area (Å²) in [5.74, 6) is -0.250. The van der Waals surface area contributed by atoms with Crippen LogP contribution in [-0.2, 0) is 21.8 Å². The Morgan fingerprint density at radius 1 is 1.02 bits per heavy atom. The quantitative estimate of drug-likeness (QED) is 0.152. The number of carbonyl (C=O) groups is 1. The number of ether oxygens (including phenoxy) is 1. The normalized spacial score (nSPS) is 15.2. The van der Waals surface area contributed by atoms with Crippen molar-refractivity contribution in [3.63, 3.8) is 0 Å². The predicted octanol–water partition coefficient (Wildman–Crippen LogP) is 5.91. The lowest BCUT2D eigenvalue weighted by Crippen LogP contribution is -2.48. The number of halogens is 1. The van der Waals surface area contributed by atoms with Gasteiger partial charge in [-0.3, -0.25) is 4.90 Å². The van der Waals surface area contributed by atoms with Crippen molar-refractivity contribution in [3.8, 4) is 16.9 Å². The summed E-state index contributed by atoms with van der Waals surface area (Å²) < 4.78 is 45.8. The van der Waals surface area contributed by atoms with Gasteiger partial charge in [0.05, 0.1) is 0 Å². The molecule has 0 radical (unpaired) electrons. The van der Waals surface area contributed by atoms with Crippen molar-refractivity contribution in [2.24, 2.45) is 5.11 Å². The molecule has 0 bridgehead atoms. The molecular weight excluding hydrogens is 537 g/mol. The second kappa shape index (κ2) is 11.2. The number of hydrogen-bond acceptors (Lipinski definition) is 7. The number of azide groups is 1. The van der Waals surface area contributed by atoms with Gasteiger partial charge in [0.2, 0.25) is 0 Å². The third-order valence-corrected chi connectivity index (χ3v) is 7.94. The van der Waals surface area contributed by atoms with Crippen molar-refractivity contribution in [1.29, 1.82) is 0 Å². The van der Waals surface area contributed by atoms with Gasteiger partial charge in [-0.05, 0) is 58.8 Å². The topological polar surface area (TPSA) is 125 Å². The monoisotopic (exact) mass is 565 g/mol. The lowest BCUT2D eigenvalue weighted by atomic mass is 9.98. The van der Waals surface area contributed by atoms with Gasteiger partial charge in [0.25, 0.3) is 0 Å². The fraction of sp³-hybridized carbons (Fsp3) is 0.321. The molecule has 1 heterocycles. The van der Waals surface area contributed by atoms with Crippen LogP contribution in [0.15, 0.2) is 59.7 Å². The maximum absolute atomic E-state index is 13.3. The van der Waals surface area contributed by atoms with Crippen LogP contribution in [0, 0.1) is 13.8 Å². The molecule has 0 aromatic heterocycles. The maximum atomic E-state index is 13.3. The van der Waals surface area contributed by atoms with Crippen LogP contribution in [0.1, 0.15) is 33.7 Å². The second-order valence-corrected chi connectivity index (χ2v) is 10.8. The third kappa shape index (κ3) is 5.60. The Kier molecular flexibility index (Phi) is 7.66. The number of benzene rings is 3. The van der Waals surface area contributed by atoms with E-state index in [1.165, 1.54) is 24.1 Å². The Morgan fingerprint density at radius 2 is 1.62 bits per heavy atom. The van der Waals surface area contributed by atoms with Crippen molar-refractivity contribution in [3.05, 3.63) is 92.9 Å². The predicted molar refractivity (Wildman–Crippen MR) is 147 cm³/mol. The number of nitrogens with zero attached hydrogens (tertiary/aromatic N) is 5. The van der Waals surface area contributed by atoms with Crippen molar-refractivity contribution in [2.45, 2.75) is 26.3 Å². The van der Waals surface area contributed by atoms with E-state index in [1.807, 2.05) is 24.3 Å². The molecule has 0 spiro atoms. The summed E-state index contributed by atoms with van der Waals surface area (Å²) in [6, 6.07) is 17.8.